The lowest BCUT2D eigenvalue weighted by Gasteiger charge is -2.04. The van der Waals surface area contributed by atoms with Gasteiger partial charge in [-0.15, -0.1) is 0 Å². The standard InChI is InChI=1S/C6H11NO4/c1-11-6(10)4(7)2-3-5(8)9/h4H,2-3,7H2,1H3,(H,8,9)/p+1. The van der Waals surface area contributed by atoms with Crippen LogP contribution in [0.5, 0.6) is 0 Å². The number of methoxy groups -OCH3 is 1. The molecule has 0 radical (unpaired) electrons. The molecule has 5 heteroatoms. The topological polar surface area (TPSA) is 92.3 Å². The van der Waals surface area contributed by atoms with Crippen LogP contribution in [-0.4, -0.2) is 30.2 Å². The van der Waals surface area contributed by atoms with Gasteiger partial charge in [0, 0.05) is 4.79 Å². The van der Waals surface area contributed by atoms with Crippen molar-refractivity contribution in [2.75, 3.05) is 7.11 Å². The molecule has 11 heavy (non-hydrogen) atoms. The molecule has 5 nitrogen and oxygen atoms in total. The van der Waals surface area contributed by atoms with Crippen molar-refractivity contribution in [3.63, 3.8) is 0 Å². The molecular formula is C6H12NO4+. The Kier molecular flexibility index (Phi) is 4.21. The van der Waals surface area contributed by atoms with Gasteiger partial charge in [-0.25, -0.2) is 0 Å². The summed E-state index contributed by atoms with van der Waals surface area (Å²) >= 11 is 0. The number of hydrogen-bond donors (Lipinski definition) is 1. The van der Waals surface area contributed by atoms with Crippen molar-refractivity contribution in [1.29, 1.82) is 0 Å². The van der Waals surface area contributed by atoms with Crippen molar-refractivity contribution < 1.29 is 19.4 Å². The molecule has 0 aliphatic carbocycles. The van der Waals surface area contributed by atoms with Crippen molar-refractivity contribution in [3.05, 3.63) is 0 Å². The molecule has 0 heterocycles. The molecule has 0 aliphatic heterocycles. The first kappa shape index (κ1) is 9.90. The Hall–Kier alpha value is -1.10. The third-order valence-electron chi connectivity index (χ3n) is 1.19. The number of carbonyl (C=O) groups excluding carboxylic acids is 2. The lowest BCUT2D eigenvalue weighted by Crippen LogP contribution is -2.31. The van der Waals surface area contributed by atoms with Crippen LogP contribution in [0, 0.1) is 0 Å². The second-order valence-electron chi connectivity index (χ2n) is 2.09. The van der Waals surface area contributed by atoms with Crippen LogP contribution in [0.2, 0.25) is 0 Å². The minimum atomic E-state index is -0.783. The first-order valence-corrected chi connectivity index (χ1v) is 3.15. The summed E-state index contributed by atoms with van der Waals surface area (Å²) in [4.78, 5) is 20.7. The number of nitrogens with two attached hydrogens (primary N) is 1. The second-order valence-corrected chi connectivity index (χ2v) is 2.09. The van der Waals surface area contributed by atoms with Crippen LogP contribution >= 0.6 is 0 Å². The van der Waals surface area contributed by atoms with Gasteiger partial charge in [0.25, 0.3) is 0 Å². The maximum absolute atomic E-state index is 10.6. The van der Waals surface area contributed by atoms with E-state index in [2.05, 4.69) is 4.74 Å². The Labute approximate surface area is 64.1 Å². The highest BCUT2D eigenvalue weighted by Gasteiger charge is 2.17. The fourth-order valence-corrected chi connectivity index (χ4v) is 0.556. The Bertz CT molecular complexity index is 157. The Morgan fingerprint density at radius 3 is 2.55 bits per heavy atom. The minimum absolute atomic E-state index is 0.00370. The van der Waals surface area contributed by atoms with Gasteiger partial charge in [-0.2, -0.15) is 0 Å². The van der Waals surface area contributed by atoms with E-state index in [1.165, 1.54) is 7.11 Å². The Morgan fingerprint density at radius 1 is 1.64 bits per heavy atom. The van der Waals surface area contributed by atoms with Crippen LogP contribution in [0.1, 0.15) is 12.8 Å². The molecule has 0 bridgehead atoms. The molecular weight excluding hydrogens is 150 g/mol. The second kappa shape index (κ2) is 4.68. The van der Waals surface area contributed by atoms with Crippen LogP contribution in [0.15, 0.2) is 0 Å². The van der Waals surface area contributed by atoms with E-state index in [1.807, 2.05) is 0 Å². The van der Waals surface area contributed by atoms with Gasteiger partial charge in [-0.3, -0.25) is 4.79 Å². The summed E-state index contributed by atoms with van der Waals surface area (Å²) < 4.78 is 4.31. The van der Waals surface area contributed by atoms with Crippen molar-refractivity contribution in [3.8, 4) is 0 Å². The van der Waals surface area contributed by atoms with Crippen LogP contribution in [0.4, 0.5) is 0 Å². The quantitative estimate of drug-likeness (QED) is 0.403. The van der Waals surface area contributed by atoms with Crippen molar-refractivity contribution in [2.45, 2.75) is 18.9 Å². The smallest absolute Gasteiger partial charge is 0.516 e. The molecule has 0 aromatic rings. The van der Waals surface area contributed by atoms with Crippen molar-refractivity contribution >= 4 is 11.9 Å². The van der Waals surface area contributed by atoms with Gasteiger partial charge >= 0.3 is 11.9 Å². The lowest BCUT2D eigenvalue weighted by atomic mass is 10.2. The van der Waals surface area contributed by atoms with Crippen LogP contribution in [0.25, 0.3) is 0 Å². The maximum atomic E-state index is 10.6. The largest absolute Gasteiger partial charge is 0.565 e. The molecule has 4 N–H and O–H groups in total. The third-order valence-corrected chi connectivity index (χ3v) is 1.19. The predicted octanol–water partition coefficient (Wildman–Crippen LogP) is -1.48. The van der Waals surface area contributed by atoms with Gasteiger partial charge in [0.1, 0.15) is 12.5 Å². The summed E-state index contributed by atoms with van der Waals surface area (Å²) in [6, 6.07) is -0.783. The van der Waals surface area contributed by atoms with E-state index >= 15 is 0 Å². The van der Waals surface area contributed by atoms with E-state index in [9.17, 15) is 9.59 Å². The summed E-state index contributed by atoms with van der Waals surface area (Å²) in [5, 5.41) is 6.52. The van der Waals surface area contributed by atoms with Gasteiger partial charge in [-0.1, -0.05) is 0 Å². The van der Waals surface area contributed by atoms with E-state index in [1.54, 1.807) is 0 Å². The molecule has 0 aromatic carbocycles. The van der Waals surface area contributed by atoms with Gasteiger partial charge in [-0.05, 0) is 6.42 Å². The summed E-state index contributed by atoms with van der Waals surface area (Å²) in [5.74, 6) is -1.27. The number of rotatable bonds is 4. The first-order valence-electron chi connectivity index (χ1n) is 3.15. The normalized spacial score (nSPS) is 12.2. The molecule has 0 aliphatic rings. The molecule has 0 saturated carbocycles. The highest BCUT2D eigenvalue weighted by Crippen LogP contribution is 1.95. The molecule has 0 rings (SSSR count). The van der Waals surface area contributed by atoms with E-state index in [0.29, 0.717) is 0 Å². The molecule has 1 atom stereocenters. The van der Waals surface area contributed by atoms with E-state index in [0.717, 1.165) is 0 Å². The molecule has 0 saturated heterocycles. The van der Waals surface area contributed by atoms with Crippen LogP contribution < -0.4 is 5.73 Å². The number of carbonyl (C=O) groups is 2. The summed E-state index contributed by atoms with van der Waals surface area (Å²) in [6.45, 7) is 0. The highest BCUT2D eigenvalue weighted by molar-refractivity contribution is 5.76. The Morgan fingerprint density at radius 2 is 2.18 bits per heavy atom. The van der Waals surface area contributed by atoms with Crippen molar-refractivity contribution in [1.82, 2.24) is 0 Å². The predicted molar refractivity (Wildman–Crippen MR) is 37.8 cm³/mol. The fraction of sp³-hybridized carbons (Fsp3) is 0.667. The minimum Gasteiger partial charge on any atom is -0.565 e. The van der Waals surface area contributed by atoms with Crippen molar-refractivity contribution in [2.24, 2.45) is 5.73 Å². The zero-order valence-electron chi connectivity index (χ0n) is 6.29. The SMILES string of the molecule is COC(=O)C(N)CCC(=O)[OH2+]. The first-order chi connectivity index (χ1) is 5.07. The number of ether oxygens (including phenoxy) is 1. The third kappa shape index (κ3) is 4.32. The zero-order valence-corrected chi connectivity index (χ0v) is 6.29. The molecule has 0 aromatic heterocycles. The summed E-state index contributed by atoms with van der Waals surface area (Å²) in [7, 11) is 1.23. The van der Waals surface area contributed by atoms with Gasteiger partial charge in [0.2, 0.25) is 0 Å². The van der Waals surface area contributed by atoms with E-state index in [-0.39, 0.29) is 12.8 Å². The lowest BCUT2D eigenvalue weighted by molar-refractivity contribution is -0.142. The van der Waals surface area contributed by atoms with Gasteiger partial charge in [0.15, 0.2) is 0 Å². The van der Waals surface area contributed by atoms with E-state index in [4.69, 9.17) is 10.8 Å². The highest BCUT2D eigenvalue weighted by atomic mass is 16.5. The molecule has 0 amide bonds. The van der Waals surface area contributed by atoms with E-state index < -0.39 is 18.0 Å². The van der Waals surface area contributed by atoms with Gasteiger partial charge < -0.3 is 15.6 Å². The average molecular weight is 162 g/mol. The Balaban J connectivity index is 3.60. The summed E-state index contributed by atoms with van der Waals surface area (Å²) in [5.41, 5.74) is 5.27. The maximum Gasteiger partial charge on any atom is 0.516 e. The molecule has 0 fully saturated rings. The molecule has 0 spiro atoms. The number of esters is 1. The fourth-order valence-electron chi connectivity index (χ4n) is 0.556. The van der Waals surface area contributed by atoms with Crippen LogP contribution in [0.3, 0.4) is 0 Å². The molecule has 1 unspecified atom stereocenters. The molecule has 64 valence electrons. The van der Waals surface area contributed by atoms with Gasteiger partial charge in [0.05, 0.1) is 7.11 Å². The monoisotopic (exact) mass is 162 g/mol. The average Bonchev–Trinajstić information content (AvgIpc) is 1.98. The summed E-state index contributed by atoms with van der Waals surface area (Å²) in [6.07, 6.45) is 0.172. The van der Waals surface area contributed by atoms with Crippen LogP contribution in [-0.2, 0) is 14.3 Å². The number of hydrogen-bond acceptors (Lipinski definition) is 4. The zero-order chi connectivity index (χ0) is 8.85.